The van der Waals surface area contributed by atoms with Gasteiger partial charge in [0.15, 0.2) is 0 Å². The monoisotopic (exact) mass is 764 g/mol. The standard InChI is InChI=1S/C45H40N4O8/c50-41(21-33-17-29-9-1-5-13-37(29)46-33)54-25-45(26-55-42(51)22-34-18-30-10-2-6-14-38(30)47-34,27-56-43(52)23-35-19-31-11-3-7-15-39(31)48-35)28-57-44(53)24-36-20-32-12-4-8-16-40(32)49-36/h1-20,46-49H,21-28H2. The number of aromatic nitrogens is 4. The molecule has 0 spiro atoms. The molecular weight excluding hydrogens is 725 g/mol. The summed E-state index contributed by atoms with van der Waals surface area (Å²) in [4.78, 5) is 66.3. The number of fused-ring (bicyclic) bond motifs is 4. The van der Waals surface area contributed by atoms with Crippen LogP contribution in [0, 0.1) is 5.41 Å². The van der Waals surface area contributed by atoms with Crippen LogP contribution in [0.1, 0.15) is 22.8 Å². The van der Waals surface area contributed by atoms with Crippen LogP contribution in [0.3, 0.4) is 0 Å². The van der Waals surface area contributed by atoms with Crippen molar-refractivity contribution < 1.29 is 38.1 Å². The Morgan fingerprint density at radius 2 is 0.596 bits per heavy atom. The van der Waals surface area contributed by atoms with Crippen LogP contribution in [0.25, 0.3) is 43.6 Å². The minimum Gasteiger partial charge on any atom is -0.464 e. The summed E-state index contributed by atoms with van der Waals surface area (Å²) in [5, 5.41) is 3.78. The summed E-state index contributed by atoms with van der Waals surface area (Å²) in [6.07, 6.45) is -0.312. The van der Waals surface area contributed by atoms with E-state index in [1.807, 2.05) is 121 Å². The van der Waals surface area contributed by atoms with Gasteiger partial charge in [0.25, 0.3) is 0 Å². The Bertz CT molecular complexity index is 2210. The predicted octanol–water partition coefficient (Wildman–Crippen LogP) is 7.04. The Balaban J connectivity index is 1.01. The molecule has 0 aliphatic carbocycles. The summed E-state index contributed by atoms with van der Waals surface area (Å²) >= 11 is 0. The molecule has 288 valence electrons. The molecule has 57 heavy (non-hydrogen) atoms. The fraction of sp³-hybridized carbons (Fsp3) is 0.200. The molecule has 0 saturated heterocycles. The van der Waals surface area contributed by atoms with Gasteiger partial charge in [-0.3, -0.25) is 19.2 Å². The lowest BCUT2D eigenvalue weighted by Gasteiger charge is -2.31. The third-order valence-electron chi connectivity index (χ3n) is 9.84. The van der Waals surface area contributed by atoms with Gasteiger partial charge in [-0.25, -0.2) is 0 Å². The number of carbonyl (C=O) groups excluding carboxylic acids is 4. The van der Waals surface area contributed by atoms with Crippen molar-refractivity contribution in [2.24, 2.45) is 5.41 Å². The number of hydrogen-bond acceptors (Lipinski definition) is 8. The molecule has 0 atom stereocenters. The highest BCUT2D eigenvalue weighted by Crippen LogP contribution is 2.25. The highest BCUT2D eigenvalue weighted by Gasteiger charge is 2.38. The van der Waals surface area contributed by atoms with Gasteiger partial charge in [0.2, 0.25) is 0 Å². The lowest BCUT2D eigenvalue weighted by atomic mass is 9.92. The van der Waals surface area contributed by atoms with E-state index < -0.39 is 29.3 Å². The average Bonchev–Trinajstić information content (AvgIpc) is 4.01. The number of esters is 4. The predicted molar refractivity (Wildman–Crippen MR) is 214 cm³/mol. The molecule has 4 aromatic heterocycles. The molecule has 8 rings (SSSR count). The number of rotatable bonds is 16. The van der Waals surface area contributed by atoms with Crippen LogP contribution in [-0.2, 0) is 63.8 Å². The first kappa shape index (κ1) is 36.9. The topological polar surface area (TPSA) is 168 Å². The zero-order valence-corrected chi connectivity index (χ0v) is 31.0. The number of benzene rings is 4. The third-order valence-corrected chi connectivity index (χ3v) is 9.84. The van der Waals surface area contributed by atoms with Crippen molar-refractivity contribution in [1.29, 1.82) is 0 Å². The molecule has 0 aliphatic rings. The molecule has 0 bridgehead atoms. The molecule has 0 unspecified atom stereocenters. The minimum absolute atomic E-state index is 0.0781. The highest BCUT2D eigenvalue weighted by atomic mass is 16.6. The molecule has 4 aromatic carbocycles. The van der Waals surface area contributed by atoms with Crippen LogP contribution in [0.5, 0.6) is 0 Å². The Hall–Kier alpha value is -7.08. The van der Waals surface area contributed by atoms with Crippen LogP contribution >= 0.6 is 0 Å². The molecule has 0 fully saturated rings. The number of ether oxygens (including phenoxy) is 4. The summed E-state index contributed by atoms with van der Waals surface area (Å²) in [6.45, 7) is -1.54. The van der Waals surface area contributed by atoms with Gasteiger partial charge in [0.05, 0.1) is 25.7 Å². The van der Waals surface area contributed by atoms with E-state index in [9.17, 15) is 19.2 Å². The van der Waals surface area contributed by atoms with Crippen molar-refractivity contribution >= 4 is 67.5 Å². The Labute approximate surface area is 326 Å². The Morgan fingerprint density at radius 3 is 0.825 bits per heavy atom. The van der Waals surface area contributed by atoms with E-state index in [-0.39, 0.29) is 52.1 Å². The molecule has 4 N–H and O–H groups in total. The zero-order chi connectivity index (χ0) is 39.2. The number of nitrogens with one attached hydrogen (secondary N) is 4. The molecular formula is C45H40N4O8. The van der Waals surface area contributed by atoms with E-state index in [1.54, 1.807) is 0 Å². The second-order valence-corrected chi connectivity index (χ2v) is 14.4. The molecule has 0 aliphatic heterocycles. The van der Waals surface area contributed by atoms with E-state index in [1.165, 1.54) is 0 Å². The number of H-pyrrole nitrogens is 4. The summed E-state index contributed by atoms with van der Waals surface area (Å²) < 4.78 is 23.3. The van der Waals surface area contributed by atoms with Gasteiger partial charge in [-0.05, 0) is 70.1 Å². The van der Waals surface area contributed by atoms with Crippen LogP contribution in [-0.4, -0.2) is 70.2 Å². The van der Waals surface area contributed by atoms with Crippen LogP contribution in [0.2, 0.25) is 0 Å². The van der Waals surface area contributed by atoms with E-state index >= 15 is 0 Å². The number of carbonyl (C=O) groups is 4. The van der Waals surface area contributed by atoms with Crippen molar-refractivity contribution in [3.05, 3.63) is 144 Å². The van der Waals surface area contributed by atoms with Crippen molar-refractivity contribution in [3.8, 4) is 0 Å². The maximum atomic E-state index is 13.4. The van der Waals surface area contributed by atoms with E-state index in [2.05, 4.69) is 19.9 Å². The van der Waals surface area contributed by atoms with Gasteiger partial charge in [-0.1, -0.05) is 72.8 Å². The largest absolute Gasteiger partial charge is 0.464 e. The molecule has 0 saturated carbocycles. The lowest BCUT2D eigenvalue weighted by molar-refractivity contribution is -0.169. The first-order valence-corrected chi connectivity index (χ1v) is 18.6. The van der Waals surface area contributed by atoms with Gasteiger partial charge in [-0.2, -0.15) is 0 Å². The van der Waals surface area contributed by atoms with E-state index in [4.69, 9.17) is 18.9 Å². The van der Waals surface area contributed by atoms with E-state index in [0.717, 1.165) is 43.6 Å². The van der Waals surface area contributed by atoms with Gasteiger partial charge in [0, 0.05) is 44.8 Å². The number of hydrogen-bond donors (Lipinski definition) is 4. The maximum absolute atomic E-state index is 13.4. The van der Waals surface area contributed by atoms with Crippen LogP contribution < -0.4 is 0 Å². The van der Waals surface area contributed by atoms with Gasteiger partial charge >= 0.3 is 23.9 Å². The van der Waals surface area contributed by atoms with Crippen molar-refractivity contribution in [3.63, 3.8) is 0 Å². The molecule has 0 amide bonds. The normalized spacial score (nSPS) is 11.6. The van der Waals surface area contributed by atoms with Crippen molar-refractivity contribution in [2.75, 3.05) is 26.4 Å². The smallest absolute Gasteiger partial charge is 0.311 e. The van der Waals surface area contributed by atoms with Crippen molar-refractivity contribution in [1.82, 2.24) is 19.9 Å². The number of para-hydroxylation sites is 4. The SMILES string of the molecule is O=C(Cc1cc2ccccc2[nH]1)OCC(COC(=O)Cc1cc2ccccc2[nH]1)(COC(=O)Cc1cc2ccccc2[nH]1)COC(=O)Cc1cc2ccccc2[nH]1. The zero-order valence-electron chi connectivity index (χ0n) is 31.0. The first-order chi connectivity index (χ1) is 27.8. The Kier molecular flexibility index (Phi) is 10.6. The van der Waals surface area contributed by atoms with Crippen molar-refractivity contribution in [2.45, 2.75) is 25.7 Å². The average molecular weight is 765 g/mol. The summed E-state index contributed by atoms with van der Waals surface area (Å²) in [6, 6.07) is 38.1. The summed E-state index contributed by atoms with van der Waals surface area (Å²) in [5.74, 6) is -2.32. The van der Waals surface area contributed by atoms with E-state index in [0.29, 0.717) is 22.8 Å². The molecule has 12 nitrogen and oxygen atoms in total. The quantitative estimate of drug-likeness (QED) is 0.0600. The van der Waals surface area contributed by atoms with Gasteiger partial charge in [0.1, 0.15) is 31.8 Å². The molecule has 0 radical (unpaired) electrons. The molecule has 12 heteroatoms. The maximum Gasteiger partial charge on any atom is 0.311 e. The third kappa shape index (κ3) is 9.08. The fourth-order valence-corrected chi connectivity index (χ4v) is 6.93. The van der Waals surface area contributed by atoms with Gasteiger partial charge in [-0.15, -0.1) is 0 Å². The second-order valence-electron chi connectivity index (χ2n) is 14.4. The minimum atomic E-state index is -1.46. The Morgan fingerprint density at radius 1 is 0.368 bits per heavy atom. The van der Waals surface area contributed by atoms with Crippen LogP contribution in [0.15, 0.2) is 121 Å². The molecule has 4 heterocycles. The fourth-order valence-electron chi connectivity index (χ4n) is 6.93. The lowest BCUT2D eigenvalue weighted by Crippen LogP contribution is -2.44. The first-order valence-electron chi connectivity index (χ1n) is 18.6. The summed E-state index contributed by atoms with van der Waals surface area (Å²) in [5.41, 5.74) is 4.62. The second kappa shape index (κ2) is 16.3. The van der Waals surface area contributed by atoms with Crippen LogP contribution in [0.4, 0.5) is 0 Å². The highest BCUT2D eigenvalue weighted by molar-refractivity contribution is 5.85. The summed E-state index contributed by atoms with van der Waals surface area (Å²) in [7, 11) is 0. The molecule has 8 aromatic rings. The van der Waals surface area contributed by atoms with Gasteiger partial charge < -0.3 is 38.9 Å². The number of aromatic amines is 4.